The van der Waals surface area contributed by atoms with Crippen molar-refractivity contribution in [3.8, 4) is 11.5 Å². The number of rotatable bonds is 5. The number of benzene rings is 2. The Morgan fingerprint density at radius 3 is 2.97 bits per heavy atom. The van der Waals surface area contributed by atoms with Gasteiger partial charge in [0, 0.05) is 42.1 Å². The quantitative estimate of drug-likeness (QED) is 0.381. The van der Waals surface area contributed by atoms with Crippen LogP contribution in [-0.2, 0) is 4.79 Å². The molecule has 4 rings (SSSR count). The molecule has 148 valence electrons. The third kappa shape index (κ3) is 3.64. The molecule has 1 aliphatic heterocycles. The summed E-state index contributed by atoms with van der Waals surface area (Å²) >= 11 is 6.19. The van der Waals surface area contributed by atoms with Crippen molar-refractivity contribution in [2.24, 2.45) is 0 Å². The number of aromatic hydroxyl groups is 1. The first-order valence-electron chi connectivity index (χ1n) is 9.12. The van der Waals surface area contributed by atoms with Gasteiger partial charge in [-0.1, -0.05) is 18.2 Å². The molecule has 7 heteroatoms. The van der Waals surface area contributed by atoms with Crippen LogP contribution in [0.1, 0.15) is 17.0 Å². The van der Waals surface area contributed by atoms with Crippen LogP contribution in [0, 0.1) is 0 Å². The Balaban J connectivity index is 1.67. The normalized spacial score (nSPS) is 15.8. The van der Waals surface area contributed by atoms with Crippen LogP contribution >= 0.6 is 11.6 Å². The van der Waals surface area contributed by atoms with Gasteiger partial charge in [-0.05, 0) is 35.4 Å². The SMILES string of the molecule is O=C(C=Cc1cccc(OCO)c1)N1CC(CCl)c2c1cc(O)c1ncccc21. The second-order valence-electron chi connectivity index (χ2n) is 6.71. The second kappa shape index (κ2) is 8.11. The number of aromatic nitrogens is 1. The maximum Gasteiger partial charge on any atom is 0.251 e. The molecule has 0 saturated carbocycles. The first kappa shape index (κ1) is 19.2. The predicted molar refractivity (Wildman–Crippen MR) is 112 cm³/mol. The third-order valence-electron chi connectivity index (χ3n) is 4.95. The van der Waals surface area contributed by atoms with Crippen molar-refractivity contribution in [2.45, 2.75) is 5.92 Å². The van der Waals surface area contributed by atoms with Gasteiger partial charge in [0.2, 0.25) is 0 Å². The van der Waals surface area contributed by atoms with E-state index in [0.717, 1.165) is 16.5 Å². The van der Waals surface area contributed by atoms with Crippen LogP contribution in [0.4, 0.5) is 5.69 Å². The van der Waals surface area contributed by atoms with Crippen LogP contribution in [0.25, 0.3) is 17.0 Å². The molecule has 2 N–H and O–H groups in total. The topological polar surface area (TPSA) is 82.9 Å². The van der Waals surface area contributed by atoms with E-state index in [1.165, 1.54) is 6.08 Å². The van der Waals surface area contributed by atoms with E-state index < -0.39 is 6.79 Å². The van der Waals surface area contributed by atoms with Gasteiger partial charge >= 0.3 is 0 Å². The minimum Gasteiger partial charge on any atom is -0.506 e. The van der Waals surface area contributed by atoms with Gasteiger partial charge in [0.15, 0.2) is 6.79 Å². The van der Waals surface area contributed by atoms with E-state index in [1.54, 1.807) is 47.5 Å². The summed E-state index contributed by atoms with van der Waals surface area (Å²) in [7, 11) is 0. The molecule has 0 spiro atoms. The first-order chi connectivity index (χ1) is 14.1. The molecular formula is C22H19ClN2O4. The molecule has 0 saturated heterocycles. The Labute approximate surface area is 172 Å². The molecular weight excluding hydrogens is 392 g/mol. The number of carbonyl (C=O) groups is 1. The Morgan fingerprint density at radius 1 is 1.31 bits per heavy atom. The molecule has 29 heavy (non-hydrogen) atoms. The maximum absolute atomic E-state index is 12.9. The summed E-state index contributed by atoms with van der Waals surface area (Å²) in [5.74, 6) is 0.646. The standard InChI is InChI=1S/C22H19ClN2O4/c23-11-15-12-25(18-10-19(27)22-17(21(15)18)5-2-8-24-22)20(28)7-6-14-3-1-4-16(9-14)29-13-26/h1-10,15,26-27H,11-13H2. The molecule has 1 amide bonds. The van der Waals surface area contributed by atoms with Crippen LogP contribution in [0.3, 0.4) is 0 Å². The summed E-state index contributed by atoms with van der Waals surface area (Å²) in [6.45, 7) is 0.0197. The average Bonchev–Trinajstić information content (AvgIpc) is 3.11. The number of alkyl halides is 1. The number of hydrogen-bond acceptors (Lipinski definition) is 5. The number of phenols is 1. The van der Waals surface area contributed by atoms with Gasteiger partial charge in [0.25, 0.3) is 5.91 Å². The van der Waals surface area contributed by atoms with Gasteiger partial charge in [0.05, 0.1) is 5.69 Å². The second-order valence-corrected chi connectivity index (χ2v) is 7.02. The molecule has 1 atom stereocenters. The highest BCUT2D eigenvalue weighted by Crippen LogP contribution is 2.44. The third-order valence-corrected chi connectivity index (χ3v) is 5.32. The minimum atomic E-state index is -0.414. The van der Waals surface area contributed by atoms with Crippen LogP contribution in [0.15, 0.2) is 54.7 Å². The molecule has 2 aromatic carbocycles. The molecule has 0 aliphatic carbocycles. The Hall–Kier alpha value is -3.09. The first-order valence-corrected chi connectivity index (χ1v) is 9.65. The number of aliphatic hydroxyl groups is 1. The molecule has 0 bridgehead atoms. The molecule has 6 nitrogen and oxygen atoms in total. The summed E-state index contributed by atoms with van der Waals surface area (Å²) < 4.78 is 5.06. The molecule has 2 heterocycles. The van der Waals surface area contributed by atoms with Crippen molar-refractivity contribution in [1.82, 2.24) is 4.98 Å². The van der Waals surface area contributed by atoms with Gasteiger partial charge < -0.3 is 19.8 Å². The van der Waals surface area contributed by atoms with Crippen LogP contribution in [0.5, 0.6) is 11.5 Å². The van der Waals surface area contributed by atoms with Crippen LogP contribution < -0.4 is 9.64 Å². The smallest absolute Gasteiger partial charge is 0.251 e. The van der Waals surface area contributed by atoms with Gasteiger partial charge in [-0.2, -0.15) is 0 Å². The van der Waals surface area contributed by atoms with E-state index in [1.807, 2.05) is 12.1 Å². The highest BCUT2D eigenvalue weighted by Gasteiger charge is 2.33. The molecule has 3 aromatic rings. The fourth-order valence-electron chi connectivity index (χ4n) is 3.68. The largest absolute Gasteiger partial charge is 0.506 e. The summed E-state index contributed by atoms with van der Waals surface area (Å²) in [5, 5.41) is 20.1. The summed E-state index contributed by atoms with van der Waals surface area (Å²) in [6.07, 6.45) is 4.78. The van der Waals surface area contributed by atoms with Gasteiger partial charge in [-0.25, -0.2) is 0 Å². The Kier molecular flexibility index (Phi) is 5.38. The van der Waals surface area contributed by atoms with Gasteiger partial charge in [-0.15, -0.1) is 11.6 Å². The highest BCUT2D eigenvalue weighted by atomic mass is 35.5. The summed E-state index contributed by atoms with van der Waals surface area (Å²) in [5.41, 5.74) is 2.86. The Morgan fingerprint density at radius 2 is 2.17 bits per heavy atom. The number of halogens is 1. The number of nitrogens with zero attached hydrogens (tertiary/aromatic N) is 2. The number of amides is 1. The average molecular weight is 411 g/mol. The van der Waals surface area contributed by atoms with Gasteiger partial charge in [0.1, 0.15) is 17.0 Å². The van der Waals surface area contributed by atoms with E-state index in [0.29, 0.717) is 29.4 Å². The number of carbonyl (C=O) groups excluding carboxylic acids is 1. The van der Waals surface area contributed by atoms with Crippen molar-refractivity contribution >= 4 is 40.2 Å². The number of fused-ring (bicyclic) bond motifs is 3. The van der Waals surface area contributed by atoms with E-state index >= 15 is 0 Å². The lowest BCUT2D eigenvalue weighted by Gasteiger charge is -2.16. The molecule has 1 aliphatic rings. The number of hydrogen-bond donors (Lipinski definition) is 2. The lowest BCUT2D eigenvalue weighted by atomic mass is 9.98. The highest BCUT2D eigenvalue weighted by molar-refractivity contribution is 6.19. The van der Waals surface area contributed by atoms with Crippen LogP contribution in [-0.4, -0.2) is 40.3 Å². The number of phenolic OH excluding ortho intramolecular Hbond substituents is 1. The van der Waals surface area contributed by atoms with E-state index in [4.69, 9.17) is 21.4 Å². The number of anilines is 1. The van der Waals surface area contributed by atoms with Crippen LogP contribution in [0.2, 0.25) is 0 Å². The van der Waals surface area contributed by atoms with E-state index in [9.17, 15) is 9.90 Å². The molecule has 0 radical (unpaired) electrons. The Bertz CT molecular complexity index is 1100. The zero-order valence-electron chi connectivity index (χ0n) is 15.5. The predicted octanol–water partition coefficient (Wildman–Crippen LogP) is 3.65. The van der Waals surface area contributed by atoms with E-state index in [-0.39, 0.29) is 17.6 Å². The van der Waals surface area contributed by atoms with Gasteiger partial charge in [-0.3, -0.25) is 9.78 Å². The molecule has 0 fully saturated rings. The lowest BCUT2D eigenvalue weighted by Crippen LogP contribution is -2.28. The van der Waals surface area contributed by atoms with Crippen molar-refractivity contribution in [3.63, 3.8) is 0 Å². The number of aliphatic hydroxyl groups excluding tert-OH is 1. The number of pyridine rings is 1. The van der Waals surface area contributed by atoms with E-state index in [2.05, 4.69) is 4.98 Å². The van der Waals surface area contributed by atoms with Crippen molar-refractivity contribution in [2.75, 3.05) is 24.1 Å². The van der Waals surface area contributed by atoms with Crippen molar-refractivity contribution < 1.29 is 19.7 Å². The fourth-order valence-corrected chi connectivity index (χ4v) is 3.93. The zero-order valence-corrected chi connectivity index (χ0v) is 16.2. The lowest BCUT2D eigenvalue weighted by molar-refractivity contribution is -0.114. The monoisotopic (exact) mass is 410 g/mol. The molecule has 1 unspecified atom stereocenters. The van der Waals surface area contributed by atoms with Crippen molar-refractivity contribution in [1.29, 1.82) is 0 Å². The summed E-state index contributed by atoms with van der Waals surface area (Å²) in [6, 6.07) is 12.3. The van der Waals surface area contributed by atoms with Crippen molar-refractivity contribution in [3.05, 3.63) is 65.9 Å². The maximum atomic E-state index is 12.9. The zero-order chi connectivity index (χ0) is 20.4. The molecule has 1 aromatic heterocycles. The number of ether oxygens (including phenoxy) is 1. The minimum absolute atomic E-state index is 0.0326. The summed E-state index contributed by atoms with van der Waals surface area (Å²) in [4.78, 5) is 18.8. The fraction of sp³-hybridized carbons (Fsp3) is 0.182.